The fourth-order valence-corrected chi connectivity index (χ4v) is 4.38. The number of oxazole rings is 1. The zero-order chi connectivity index (χ0) is 21.4. The number of aliphatic hydroxyl groups excluding tert-OH is 1. The van der Waals surface area contributed by atoms with Crippen molar-refractivity contribution in [2.24, 2.45) is 7.05 Å². The van der Waals surface area contributed by atoms with Gasteiger partial charge in [0, 0.05) is 49.9 Å². The molecule has 2 heterocycles. The lowest BCUT2D eigenvalue weighted by Gasteiger charge is -2.41. The van der Waals surface area contributed by atoms with Crippen LogP contribution in [0.1, 0.15) is 18.6 Å². The van der Waals surface area contributed by atoms with E-state index in [2.05, 4.69) is 15.9 Å². The number of aliphatic hydroxyl groups is 1. The maximum absolute atomic E-state index is 11.8. The van der Waals surface area contributed by atoms with Crippen LogP contribution in [0.15, 0.2) is 45.6 Å². The smallest absolute Gasteiger partial charge is 0.419 e. The van der Waals surface area contributed by atoms with Crippen molar-refractivity contribution in [3.05, 3.63) is 57.5 Å². The Hall–Kier alpha value is -2.48. The second kappa shape index (κ2) is 8.34. The SMILES string of the molecule is COc1ccccc1N1CCN([C@H](C)[C@H](O)c2cc3oc(=O)n(C)c3cc2Cl)CC1. The standard InChI is InChI=1S/C22H26ClN3O4/c1-14(21(27)15-12-20-18(13-16(15)23)24(2)22(28)30-20)25-8-10-26(11-9-25)17-6-4-5-7-19(17)29-3/h4-7,12-14,21,27H,8-11H2,1-3H3/t14-,21+/m1/s1. The van der Waals surface area contributed by atoms with Gasteiger partial charge in [-0.15, -0.1) is 0 Å². The van der Waals surface area contributed by atoms with Crippen molar-refractivity contribution >= 4 is 28.4 Å². The van der Waals surface area contributed by atoms with Gasteiger partial charge in [-0.1, -0.05) is 23.7 Å². The molecule has 2 atom stereocenters. The van der Waals surface area contributed by atoms with E-state index in [1.54, 1.807) is 26.3 Å². The van der Waals surface area contributed by atoms with Gasteiger partial charge in [0.05, 0.1) is 24.4 Å². The third kappa shape index (κ3) is 3.69. The van der Waals surface area contributed by atoms with Crippen LogP contribution in [0.4, 0.5) is 5.69 Å². The molecule has 4 rings (SSSR count). The van der Waals surface area contributed by atoms with Gasteiger partial charge in [-0.2, -0.15) is 0 Å². The Bertz CT molecular complexity index is 1100. The highest BCUT2D eigenvalue weighted by Crippen LogP contribution is 2.33. The maximum atomic E-state index is 11.8. The molecule has 1 N–H and O–H groups in total. The molecule has 0 aliphatic carbocycles. The van der Waals surface area contributed by atoms with Gasteiger partial charge in [0.2, 0.25) is 0 Å². The average Bonchev–Trinajstić information content (AvgIpc) is 3.05. The number of aryl methyl sites for hydroxylation is 1. The average molecular weight is 432 g/mol. The molecule has 2 aromatic carbocycles. The topological polar surface area (TPSA) is 71.1 Å². The number of benzene rings is 2. The summed E-state index contributed by atoms with van der Waals surface area (Å²) in [6.45, 7) is 5.26. The Morgan fingerprint density at radius 3 is 2.57 bits per heavy atom. The molecule has 0 bridgehead atoms. The van der Waals surface area contributed by atoms with Crippen LogP contribution in [0.3, 0.4) is 0 Å². The summed E-state index contributed by atoms with van der Waals surface area (Å²) in [4.78, 5) is 16.3. The van der Waals surface area contributed by atoms with E-state index in [1.807, 2.05) is 25.1 Å². The first kappa shape index (κ1) is 20.8. The summed E-state index contributed by atoms with van der Waals surface area (Å²) in [7, 11) is 3.31. The summed E-state index contributed by atoms with van der Waals surface area (Å²) in [5, 5.41) is 11.5. The molecule has 1 aliphatic heterocycles. The Kier molecular flexibility index (Phi) is 5.77. The zero-order valence-corrected chi connectivity index (χ0v) is 18.1. The molecular formula is C22H26ClN3O4. The Morgan fingerprint density at radius 1 is 1.17 bits per heavy atom. The quantitative estimate of drug-likeness (QED) is 0.669. The van der Waals surface area contributed by atoms with Gasteiger partial charge < -0.3 is 19.2 Å². The minimum atomic E-state index is -0.801. The van der Waals surface area contributed by atoms with E-state index < -0.39 is 11.9 Å². The predicted molar refractivity (Wildman–Crippen MR) is 118 cm³/mol. The highest BCUT2D eigenvalue weighted by Gasteiger charge is 2.29. The summed E-state index contributed by atoms with van der Waals surface area (Å²) in [6.07, 6.45) is -0.801. The molecule has 3 aromatic rings. The number of fused-ring (bicyclic) bond motifs is 1. The lowest BCUT2D eigenvalue weighted by Crippen LogP contribution is -2.51. The molecule has 0 unspecified atom stereocenters. The molecule has 1 aromatic heterocycles. The number of piperazine rings is 1. The van der Waals surface area contributed by atoms with E-state index >= 15 is 0 Å². The number of halogens is 1. The van der Waals surface area contributed by atoms with E-state index in [-0.39, 0.29) is 6.04 Å². The Morgan fingerprint density at radius 2 is 1.87 bits per heavy atom. The first-order valence-electron chi connectivity index (χ1n) is 9.99. The second-order valence-corrected chi connectivity index (χ2v) is 8.06. The number of anilines is 1. The number of rotatable bonds is 5. The van der Waals surface area contributed by atoms with E-state index in [9.17, 15) is 9.90 Å². The number of hydrogen-bond acceptors (Lipinski definition) is 6. The van der Waals surface area contributed by atoms with E-state index in [1.165, 1.54) is 4.57 Å². The largest absolute Gasteiger partial charge is 0.495 e. The van der Waals surface area contributed by atoms with E-state index in [0.717, 1.165) is 37.6 Å². The van der Waals surface area contributed by atoms with Gasteiger partial charge in [0.25, 0.3) is 0 Å². The van der Waals surface area contributed by atoms with Crippen LogP contribution in [0, 0.1) is 0 Å². The van der Waals surface area contributed by atoms with Crippen LogP contribution < -0.4 is 15.4 Å². The third-order valence-electron chi connectivity index (χ3n) is 6.00. The summed E-state index contributed by atoms with van der Waals surface area (Å²) in [5.41, 5.74) is 2.69. The number of aromatic nitrogens is 1. The molecule has 160 valence electrons. The molecule has 0 spiro atoms. The van der Waals surface area contributed by atoms with Gasteiger partial charge in [0.15, 0.2) is 5.58 Å². The van der Waals surface area contributed by atoms with Crippen molar-refractivity contribution in [1.29, 1.82) is 0 Å². The molecule has 0 radical (unpaired) electrons. The van der Waals surface area contributed by atoms with Crippen LogP contribution in [0.25, 0.3) is 11.1 Å². The number of para-hydroxylation sites is 2. The van der Waals surface area contributed by atoms with Crippen LogP contribution >= 0.6 is 11.6 Å². The number of nitrogens with zero attached hydrogens (tertiary/aromatic N) is 3. The van der Waals surface area contributed by atoms with Crippen molar-refractivity contribution in [1.82, 2.24) is 9.47 Å². The van der Waals surface area contributed by atoms with Crippen molar-refractivity contribution in [2.45, 2.75) is 19.1 Å². The van der Waals surface area contributed by atoms with Crippen LogP contribution in [-0.4, -0.2) is 53.9 Å². The molecule has 0 saturated carbocycles. The second-order valence-electron chi connectivity index (χ2n) is 7.65. The van der Waals surface area contributed by atoms with Crippen molar-refractivity contribution in [2.75, 3.05) is 38.2 Å². The number of ether oxygens (including phenoxy) is 1. The summed E-state index contributed by atoms with van der Waals surface area (Å²) >= 11 is 6.44. The van der Waals surface area contributed by atoms with Gasteiger partial charge in [-0.3, -0.25) is 9.47 Å². The van der Waals surface area contributed by atoms with Crippen LogP contribution in [0.5, 0.6) is 5.75 Å². The molecule has 0 amide bonds. The highest BCUT2D eigenvalue weighted by molar-refractivity contribution is 6.32. The minimum absolute atomic E-state index is 0.143. The van der Waals surface area contributed by atoms with Crippen molar-refractivity contribution in [3.8, 4) is 5.75 Å². The Balaban J connectivity index is 1.49. The minimum Gasteiger partial charge on any atom is -0.495 e. The summed E-state index contributed by atoms with van der Waals surface area (Å²) in [6, 6.07) is 11.2. The molecule has 1 fully saturated rings. The monoisotopic (exact) mass is 431 g/mol. The van der Waals surface area contributed by atoms with Crippen molar-refractivity contribution < 1.29 is 14.3 Å². The fraction of sp³-hybridized carbons (Fsp3) is 0.409. The normalized spacial score (nSPS) is 17.3. The highest BCUT2D eigenvalue weighted by atomic mass is 35.5. The van der Waals surface area contributed by atoms with Gasteiger partial charge in [-0.25, -0.2) is 4.79 Å². The first-order chi connectivity index (χ1) is 14.4. The lowest BCUT2D eigenvalue weighted by molar-refractivity contribution is 0.0546. The zero-order valence-electron chi connectivity index (χ0n) is 17.3. The molecule has 30 heavy (non-hydrogen) atoms. The number of hydrogen-bond donors (Lipinski definition) is 1. The van der Waals surface area contributed by atoms with Gasteiger partial charge in [-0.05, 0) is 31.2 Å². The number of methoxy groups -OCH3 is 1. The first-order valence-corrected chi connectivity index (χ1v) is 10.4. The Labute approximate surface area is 180 Å². The summed E-state index contributed by atoms with van der Waals surface area (Å²) < 4.78 is 12.1. The van der Waals surface area contributed by atoms with Crippen LogP contribution in [0.2, 0.25) is 5.02 Å². The van der Waals surface area contributed by atoms with E-state index in [4.69, 9.17) is 20.8 Å². The maximum Gasteiger partial charge on any atom is 0.419 e. The molecular weight excluding hydrogens is 406 g/mol. The third-order valence-corrected chi connectivity index (χ3v) is 6.33. The molecule has 1 saturated heterocycles. The summed E-state index contributed by atoms with van der Waals surface area (Å²) in [5.74, 6) is 0.414. The lowest BCUT2D eigenvalue weighted by atomic mass is 10.0. The fourth-order valence-electron chi connectivity index (χ4n) is 4.11. The molecule has 1 aliphatic rings. The molecule has 8 heteroatoms. The predicted octanol–water partition coefficient (Wildman–Crippen LogP) is 3.04. The van der Waals surface area contributed by atoms with E-state index in [0.29, 0.717) is 21.7 Å². The molecule has 7 nitrogen and oxygen atoms in total. The van der Waals surface area contributed by atoms with Crippen LogP contribution in [-0.2, 0) is 7.05 Å². The van der Waals surface area contributed by atoms with Gasteiger partial charge >= 0.3 is 5.76 Å². The van der Waals surface area contributed by atoms with Crippen molar-refractivity contribution in [3.63, 3.8) is 0 Å². The van der Waals surface area contributed by atoms with Gasteiger partial charge in [0.1, 0.15) is 5.75 Å².